The molecule has 0 aliphatic rings. The lowest BCUT2D eigenvalue weighted by Gasteiger charge is -2.09. The number of alkyl halides is 3. The van der Waals surface area contributed by atoms with Crippen molar-refractivity contribution >= 4 is 5.91 Å². The highest BCUT2D eigenvalue weighted by Crippen LogP contribution is 2.20. The van der Waals surface area contributed by atoms with Crippen molar-refractivity contribution < 1.29 is 27.1 Å². The van der Waals surface area contributed by atoms with Crippen LogP contribution in [0.4, 0.5) is 13.2 Å². The van der Waals surface area contributed by atoms with Crippen molar-refractivity contribution in [2.45, 2.75) is 32.0 Å². The molecule has 158 valence electrons. The van der Waals surface area contributed by atoms with Crippen LogP contribution in [0.1, 0.15) is 24.3 Å². The van der Waals surface area contributed by atoms with Gasteiger partial charge in [-0.25, -0.2) is 9.97 Å². The Bertz CT molecular complexity index is 959. The Morgan fingerprint density at radius 2 is 1.93 bits per heavy atom. The fraction of sp³-hybridized carbons (Fsp3) is 0.286. The van der Waals surface area contributed by atoms with Crippen molar-refractivity contribution in [1.29, 1.82) is 0 Å². The standard InChI is InChI=1S/C21H20F3N3O3/c22-21(23,24)14-29-20-11-15(9-10-25-20)12-26-18(28)7-4-8-19-27-13-17(30-19)16-5-2-1-3-6-16/h1-3,5-6,9-11,13H,4,7-8,12,14H2,(H,26,28). The van der Waals surface area contributed by atoms with Gasteiger partial charge in [0, 0.05) is 37.2 Å². The molecule has 2 heterocycles. The molecule has 0 atom stereocenters. The molecule has 30 heavy (non-hydrogen) atoms. The summed E-state index contributed by atoms with van der Waals surface area (Å²) in [5.41, 5.74) is 1.53. The van der Waals surface area contributed by atoms with Crippen molar-refractivity contribution in [3.8, 4) is 17.2 Å². The minimum absolute atomic E-state index is 0.141. The second-order valence-corrected chi connectivity index (χ2v) is 6.52. The zero-order valence-electron chi connectivity index (χ0n) is 16.0. The average Bonchev–Trinajstić information content (AvgIpc) is 3.20. The van der Waals surface area contributed by atoms with Gasteiger partial charge in [0.15, 0.2) is 18.3 Å². The summed E-state index contributed by atoms with van der Waals surface area (Å²) in [4.78, 5) is 20.0. The fourth-order valence-electron chi connectivity index (χ4n) is 2.65. The quantitative estimate of drug-likeness (QED) is 0.559. The minimum Gasteiger partial charge on any atom is -0.468 e. The van der Waals surface area contributed by atoms with E-state index in [0.29, 0.717) is 30.1 Å². The Labute approximate surface area is 171 Å². The number of nitrogens with one attached hydrogen (secondary N) is 1. The number of carbonyl (C=O) groups excluding carboxylic acids is 1. The normalized spacial score (nSPS) is 11.3. The van der Waals surface area contributed by atoms with Gasteiger partial charge < -0.3 is 14.5 Å². The number of hydrogen-bond donors (Lipinski definition) is 1. The van der Waals surface area contributed by atoms with E-state index in [0.717, 1.165) is 5.56 Å². The van der Waals surface area contributed by atoms with Crippen molar-refractivity contribution in [3.05, 3.63) is 66.3 Å². The van der Waals surface area contributed by atoms with Gasteiger partial charge in [0.2, 0.25) is 11.8 Å². The first-order valence-corrected chi connectivity index (χ1v) is 9.30. The lowest BCUT2D eigenvalue weighted by Crippen LogP contribution is -2.23. The van der Waals surface area contributed by atoms with E-state index in [4.69, 9.17) is 4.42 Å². The predicted octanol–water partition coefficient (Wildman–Crippen LogP) is 4.32. The number of benzene rings is 1. The smallest absolute Gasteiger partial charge is 0.422 e. The average molecular weight is 419 g/mol. The van der Waals surface area contributed by atoms with Gasteiger partial charge in [-0.2, -0.15) is 13.2 Å². The molecule has 0 bridgehead atoms. The molecule has 0 unspecified atom stereocenters. The number of aromatic nitrogens is 2. The summed E-state index contributed by atoms with van der Waals surface area (Å²) < 4.78 is 46.9. The maximum atomic E-state index is 12.2. The van der Waals surface area contributed by atoms with Crippen molar-refractivity contribution in [2.24, 2.45) is 0 Å². The first-order chi connectivity index (χ1) is 14.4. The SMILES string of the molecule is O=C(CCCc1ncc(-c2ccccc2)o1)NCc1ccnc(OCC(F)(F)F)c1. The van der Waals surface area contributed by atoms with Gasteiger partial charge in [-0.1, -0.05) is 30.3 Å². The first kappa shape index (κ1) is 21.4. The number of hydrogen-bond acceptors (Lipinski definition) is 5. The monoisotopic (exact) mass is 419 g/mol. The first-order valence-electron chi connectivity index (χ1n) is 9.30. The van der Waals surface area contributed by atoms with Crippen LogP contribution < -0.4 is 10.1 Å². The van der Waals surface area contributed by atoms with Crippen LogP contribution in [0, 0.1) is 0 Å². The summed E-state index contributed by atoms with van der Waals surface area (Å²) >= 11 is 0. The molecule has 0 aliphatic heterocycles. The third-order valence-corrected chi connectivity index (χ3v) is 4.08. The Hall–Kier alpha value is -3.36. The van der Waals surface area contributed by atoms with E-state index in [1.807, 2.05) is 30.3 Å². The molecule has 0 saturated carbocycles. The summed E-state index contributed by atoms with van der Waals surface area (Å²) in [6, 6.07) is 12.6. The summed E-state index contributed by atoms with van der Waals surface area (Å²) in [5.74, 6) is 0.912. The zero-order chi connectivity index (χ0) is 21.4. The fourth-order valence-corrected chi connectivity index (χ4v) is 2.65. The summed E-state index contributed by atoms with van der Waals surface area (Å²) in [6.45, 7) is -1.25. The molecular formula is C21H20F3N3O3. The molecule has 0 spiro atoms. The van der Waals surface area contributed by atoms with Crippen LogP contribution in [-0.2, 0) is 17.8 Å². The molecular weight excluding hydrogens is 399 g/mol. The highest BCUT2D eigenvalue weighted by Gasteiger charge is 2.28. The largest absolute Gasteiger partial charge is 0.468 e. The molecule has 0 radical (unpaired) electrons. The molecule has 0 saturated heterocycles. The van der Waals surface area contributed by atoms with Crippen LogP contribution in [0.15, 0.2) is 59.3 Å². The van der Waals surface area contributed by atoms with Crippen molar-refractivity contribution in [3.63, 3.8) is 0 Å². The third kappa shape index (κ3) is 6.91. The van der Waals surface area contributed by atoms with Crippen LogP contribution in [-0.4, -0.2) is 28.7 Å². The van der Waals surface area contributed by atoms with E-state index < -0.39 is 12.8 Å². The number of rotatable bonds is 9. The molecule has 1 amide bonds. The molecule has 0 aliphatic carbocycles. The number of ether oxygens (including phenoxy) is 1. The number of pyridine rings is 1. The minimum atomic E-state index is -4.43. The zero-order valence-corrected chi connectivity index (χ0v) is 16.0. The van der Waals surface area contributed by atoms with E-state index in [1.165, 1.54) is 12.3 Å². The Morgan fingerprint density at radius 1 is 1.13 bits per heavy atom. The van der Waals surface area contributed by atoms with Crippen LogP contribution in [0.2, 0.25) is 0 Å². The van der Waals surface area contributed by atoms with E-state index >= 15 is 0 Å². The number of amides is 1. The summed E-state index contributed by atoms with van der Waals surface area (Å²) in [6.07, 6.45) is -0.101. The molecule has 2 aromatic heterocycles. The summed E-state index contributed by atoms with van der Waals surface area (Å²) in [7, 11) is 0. The maximum Gasteiger partial charge on any atom is 0.422 e. The van der Waals surface area contributed by atoms with Crippen molar-refractivity contribution in [2.75, 3.05) is 6.61 Å². The van der Waals surface area contributed by atoms with Crippen LogP contribution in [0.3, 0.4) is 0 Å². The molecule has 3 aromatic rings. The molecule has 9 heteroatoms. The number of nitrogens with zero attached hydrogens (tertiary/aromatic N) is 2. The Balaban J connectivity index is 1.40. The van der Waals surface area contributed by atoms with Crippen molar-refractivity contribution in [1.82, 2.24) is 15.3 Å². The van der Waals surface area contributed by atoms with Gasteiger partial charge in [-0.3, -0.25) is 4.79 Å². The Kier molecular flexibility index (Phi) is 7.05. The molecule has 1 aromatic carbocycles. The van der Waals surface area contributed by atoms with Gasteiger partial charge >= 0.3 is 6.18 Å². The lowest BCUT2D eigenvalue weighted by atomic mass is 10.2. The van der Waals surface area contributed by atoms with Gasteiger partial charge in [0.1, 0.15) is 0 Å². The highest BCUT2D eigenvalue weighted by molar-refractivity contribution is 5.75. The van der Waals surface area contributed by atoms with Crippen LogP contribution in [0.25, 0.3) is 11.3 Å². The van der Waals surface area contributed by atoms with Crippen LogP contribution in [0.5, 0.6) is 5.88 Å². The number of oxazole rings is 1. The highest BCUT2D eigenvalue weighted by atomic mass is 19.4. The van der Waals surface area contributed by atoms with Gasteiger partial charge in [0.25, 0.3) is 0 Å². The topological polar surface area (TPSA) is 77.3 Å². The van der Waals surface area contributed by atoms with Gasteiger partial charge in [-0.05, 0) is 18.1 Å². The van der Waals surface area contributed by atoms with E-state index in [2.05, 4.69) is 20.0 Å². The van der Waals surface area contributed by atoms with Gasteiger partial charge in [-0.15, -0.1) is 0 Å². The van der Waals surface area contributed by atoms with Crippen LogP contribution >= 0.6 is 0 Å². The lowest BCUT2D eigenvalue weighted by molar-refractivity contribution is -0.154. The number of carbonyl (C=O) groups is 1. The predicted molar refractivity (Wildman–Crippen MR) is 103 cm³/mol. The number of aryl methyl sites for hydroxylation is 1. The second-order valence-electron chi connectivity index (χ2n) is 6.52. The summed E-state index contributed by atoms with van der Waals surface area (Å²) in [5, 5.41) is 2.72. The van der Waals surface area contributed by atoms with E-state index in [1.54, 1.807) is 12.3 Å². The molecule has 6 nitrogen and oxygen atoms in total. The number of halogens is 3. The second kappa shape index (κ2) is 9.91. The Morgan fingerprint density at radius 3 is 2.70 bits per heavy atom. The third-order valence-electron chi connectivity index (χ3n) is 4.08. The molecule has 3 rings (SSSR count). The van der Waals surface area contributed by atoms with Gasteiger partial charge in [0.05, 0.1) is 6.20 Å². The molecule has 0 fully saturated rings. The maximum absolute atomic E-state index is 12.2. The molecule has 1 N–H and O–H groups in total. The van der Waals surface area contributed by atoms with E-state index in [-0.39, 0.29) is 24.8 Å². The van der Waals surface area contributed by atoms with E-state index in [9.17, 15) is 18.0 Å².